The molecule has 0 saturated carbocycles. The maximum absolute atomic E-state index is 11.7. The van der Waals surface area contributed by atoms with Gasteiger partial charge in [0.05, 0.1) is 12.3 Å². The number of hydrogen-bond acceptors (Lipinski definition) is 5. The van der Waals surface area contributed by atoms with Gasteiger partial charge in [0.1, 0.15) is 0 Å². The van der Waals surface area contributed by atoms with Crippen molar-refractivity contribution in [3.8, 4) is 0 Å². The van der Waals surface area contributed by atoms with Crippen LogP contribution < -0.4 is 5.73 Å². The number of rotatable bonds is 6. The Morgan fingerprint density at radius 2 is 2.11 bits per heavy atom. The Kier molecular flexibility index (Phi) is 5.47. The van der Waals surface area contributed by atoms with E-state index in [0.29, 0.717) is 12.3 Å². The Balaban J connectivity index is 2.72. The molecule has 6 nitrogen and oxygen atoms in total. The van der Waals surface area contributed by atoms with Gasteiger partial charge < -0.3 is 10.5 Å². The lowest BCUT2D eigenvalue weighted by Crippen LogP contribution is -2.15. The van der Waals surface area contributed by atoms with E-state index in [1.54, 1.807) is 11.6 Å². The van der Waals surface area contributed by atoms with Gasteiger partial charge in [-0.2, -0.15) is 0 Å². The van der Waals surface area contributed by atoms with E-state index in [4.69, 9.17) is 10.5 Å². The zero-order chi connectivity index (χ0) is 14.5. The van der Waals surface area contributed by atoms with Crippen LogP contribution in [0.1, 0.15) is 56.7 Å². The first-order chi connectivity index (χ1) is 8.89. The summed E-state index contributed by atoms with van der Waals surface area (Å²) in [6.45, 7) is 9.62. The molecular formula is C13H24N4O2. The van der Waals surface area contributed by atoms with E-state index in [0.717, 1.165) is 19.4 Å². The van der Waals surface area contributed by atoms with Crippen molar-refractivity contribution in [2.45, 2.75) is 53.6 Å². The average molecular weight is 268 g/mol. The molecule has 1 rings (SSSR count). The molecule has 0 atom stereocenters. The third kappa shape index (κ3) is 4.63. The van der Waals surface area contributed by atoms with Crippen LogP contribution in [0.4, 0.5) is 0 Å². The molecule has 1 heterocycles. The fraction of sp³-hybridized carbons (Fsp3) is 0.769. The van der Waals surface area contributed by atoms with Gasteiger partial charge in [-0.3, -0.25) is 0 Å². The molecule has 0 radical (unpaired) electrons. The molecule has 0 aliphatic carbocycles. The SMILES string of the molecule is CCOC(=O)c1nnn(CCCC(C)(C)C)c1CN. The van der Waals surface area contributed by atoms with E-state index >= 15 is 0 Å². The minimum absolute atomic E-state index is 0.233. The number of carbonyl (C=O) groups is 1. The summed E-state index contributed by atoms with van der Waals surface area (Å²) in [6.07, 6.45) is 2.05. The quantitative estimate of drug-likeness (QED) is 0.794. The summed E-state index contributed by atoms with van der Waals surface area (Å²) in [5, 5.41) is 7.87. The normalized spacial score (nSPS) is 11.6. The Bertz CT molecular complexity index is 421. The van der Waals surface area contributed by atoms with Crippen LogP contribution >= 0.6 is 0 Å². The van der Waals surface area contributed by atoms with Gasteiger partial charge in [0, 0.05) is 13.1 Å². The second-order valence-corrected chi connectivity index (χ2v) is 5.70. The van der Waals surface area contributed by atoms with Crippen molar-refractivity contribution < 1.29 is 9.53 Å². The highest BCUT2D eigenvalue weighted by molar-refractivity contribution is 5.88. The molecule has 0 bridgehead atoms. The molecule has 0 unspecified atom stereocenters. The smallest absolute Gasteiger partial charge is 0.360 e. The van der Waals surface area contributed by atoms with Crippen LogP contribution in [0.5, 0.6) is 0 Å². The first-order valence-electron chi connectivity index (χ1n) is 6.68. The van der Waals surface area contributed by atoms with Crippen molar-refractivity contribution in [2.75, 3.05) is 6.61 Å². The number of ether oxygens (including phenoxy) is 1. The number of carbonyl (C=O) groups excluding carboxylic acids is 1. The third-order valence-electron chi connectivity index (χ3n) is 2.80. The number of nitrogens with zero attached hydrogens (tertiary/aromatic N) is 3. The van der Waals surface area contributed by atoms with Crippen LogP contribution in [0.2, 0.25) is 0 Å². The highest BCUT2D eigenvalue weighted by Gasteiger charge is 2.20. The van der Waals surface area contributed by atoms with Crippen molar-refractivity contribution in [2.24, 2.45) is 11.1 Å². The summed E-state index contributed by atoms with van der Waals surface area (Å²) in [5.74, 6) is -0.454. The molecule has 0 aromatic carbocycles. The highest BCUT2D eigenvalue weighted by Crippen LogP contribution is 2.21. The number of esters is 1. The van der Waals surface area contributed by atoms with Crippen molar-refractivity contribution in [1.82, 2.24) is 15.0 Å². The van der Waals surface area contributed by atoms with Gasteiger partial charge in [-0.25, -0.2) is 9.48 Å². The lowest BCUT2D eigenvalue weighted by atomic mass is 9.91. The second kappa shape index (κ2) is 6.65. The van der Waals surface area contributed by atoms with Gasteiger partial charge >= 0.3 is 5.97 Å². The van der Waals surface area contributed by atoms with E-state index in [9.17, 15) is 4.79 Å². The molecule has 108 valence electrons. The van der Waals surface area contributed by atoms with E-state index in [-0.39, 0.29) is 17.7 Å². The molecule has 0 spiro atoms. The summed E-state index contributed by atoms with van der Waals surface area (Å²) in [4.78, 5) is 11.7. The van der Waals surface area contributed by atoms with Crippen molar-refractivity contribution >= 4 is 5.97 Å². The Morgan fingerprint density at radius 3 is 2.63 bits per heavy atom. The van der Waals surface area contributed by atoms with Gasteiger partial charge in [-0.15, -0.1) is 5.10 Å². The summed E-state index contributed by atoms with van der Waals surface area (Å²) in [5.41, 5.74) is 6.85. The fourth-order valence-electron chi connectivity index (χ4n) is 1.83. The zero-order valence-corrected chi connectivity index (χ0v) is 12.3. The van der Waals surface area contributed by atoms with E-state index in [1.807, 2.05) is 0 Å². The molecular weight excluding hydrogens is 244 g/mol. The van der Waals surface area contributed by atoms with Gasteiger partial charge in [0.25, 0.3) is 0 Å². The van der Waals surface area contributed by atoms with E-state index < -0.39 is 5.97 Å². The van der Waals surface area contributed by atoms with Crippen LogP contribution in [-0.4, -0.2) is 27.6 Å². The lowest BCUT2D eigenvalue weighted by molar-refractivity contribution is 0.0518. The molecule has 1 aromatic rings. The Hall–Kier alpha value is -1.43. The zero-order valence-electron chi connectivity index (χ0n) is 12.3. The van der Waals surface area contributed by atoms with Crippen molar-refractivity contribution in [1.29, 1.82) is 0 Å². The maximum Gasteiger partial charge on any atom is 0.360 e. The summed E-state index contributed by atoms with van der Waals surface area (Å²) in [7, 11) is 0. The van der Waals surface area contributed by atoms with Crippen molar-refractivity contribution in [3.05, 3.63) is 11.4 Å². The van der Waals surface area contributed by atoms with Gasteiger partial charge in [0.15, 0.2) is 5.69 Å². The predicted molar refractivity (Wildman–Crippen MR) is 72.6 cm³/mol. The molecule has 0 saturated heterocycles. The first kappa shape index (κ1) is 15.6. The number of aromatic nitrogens is 3. The number of aryl methyl sites for hydroxylation is 1. The molecule has 0 fully saturated rings. The predicted octanol–water partition coefficient (Wildman–Crippen LogP) is 1.74. The van der Waals surface area contributed by atoms with Gasteiger partial charge in [-0.05, 0) is 25.2 Å². The molecule has 0 aliphatic rings. The molecule has 1 aromatic heterocycles. The summed E-state index contributed by atoms with van der Waals surface area (Å²) < 4.78 is 6.64. The Labute approximate surface area is 114 Å². The monoisotopic (exact) mass is 268 g/mol. The van der Waals surface area contributed by atoms with Crippen LogP contribution in [0.25, 0.3) is 0 Å². The topological polar surface area (TPSA) is 83.0 Å². The van der Waals surface area contributed by atoms with Crippen LogP contribution in [-0.2, 0) is 17.8 Å². The summed E-state index contributed by atoms with van der Waals surface area (Å²) >= 11 is 0. The minimum atomic E-state index is -0.454. The first-order valence-corrected chi connectivity index (χ1v) is 6.68. The number of nitrogens with two attached hydrogens (primary N) is 1. The third-order valence-corrected chi connectivity index (χ3v) is 2.80. The molecule has 2 N–H and O–H groups in total. The molecule has 6 heteroatoms. The number of hydrogen-bond donors (Lipinski definition) is 1. The minimum Gasteiger partial charge on any atom is -0.461 e. The molecule has 19 heavy (non-hydrogen) atoms. The van der Waals surface area contributed by atoms with Gasteiger partial charge in [0.2, 0.25) is 0 Å². The molecule has 0 amide bonds. The molecule has 0 aliphatic heterocycles. The average Bonchev–Trinajstić information content (AvgIpc) is 2.70. The van der Waals surface area contributed by atoms with Crippen LogP contribution in [0.15, 0.2) is 0 Å². The standard InChI is InChI=1S/C13H24N4O2/c1-5-19-12(18)11-10(9-14)17(16-15-11)8-6-7-13(2,3)4/h5-9,14H2,1-4H3. The van der Waals surface area contributed by atoms with Gasteiger partial charge in [-0.1, -0.05) is 26.0 Å². The van der Waals surface area contributed by atoms with Crippen LogP contribution in [0, 0.1) is 5.41 Å². The lowest BCUT2D eigenvalue weighted by Gasteiger charge is -2.17. The maximum atomic E-state index is 11.7. The van der Waals surface area contributed by atoms with E-state index in [2.05, 4.69) is 31.1 Å². The van der Waals surface area contributed by atoms with Crippen molar-refractivity contribution in [3.63, 3.8) is 0 Å². The second-order valence-electron chi connectivity index (χ2n) is 5.70. The highest BCUT2D eigenvalue weighted by atomic mass is 16.5. The summed E-state index contributed by atoms with van der Waals surface area (Å²) in [6, 6.07) is 0. The van der Waals surface area contributed by atoms with Crippen LogP contribution in [0.3, 0.4) is 0 Å². The van der Waals surface area contributed by atoms with E-state index in [1.165, 1.54) is 0 Å². The largest absolute Gasteiger partial charge is 0.461 e. The fourth-order valence-corrected chi connectivity index (χ4v) is 1.83. The Morgan fingerprint density at radius 1 is 1.42 bits per heavy atom.